The van der Waals surface area contributed by atoms with Gasteiger partial charge >= 0.3 is 6.03 Å². The second kappa shape index (κ2) is 7.57. The smallest absolute Gasteiger partial charge is 0.325 e. The van der Waals surface area contributed by atoms with Crippen LogP contribution in [0.5, 0.6) is 11.5 Å². The third-order valence-electron chi connectivity index (χ3n) is 5.86. The Kier molecular flexibility index (Phi) is 5.10. The van der Waals surface area contributed by atoms with Crippen LogP contribution in [0.25, 0.3) is 0 Å². The number of ether oxygens (including phenoxy) is 2. The summed E-state index contributed by atoms with van der Waals surface area (Å²) >= 11 is 0. The summed E-state index contributed by atoms with van der Waals surface area (Å²) < 4.78 is 11.5. The van der Waals surface area contributed by atoms with E-state index in [-0.39, 0.29) is 31.0 Å². The van der Waals surface area contributed by atoms with Crippen molar-refractivity contribution >= 4 is 17.8 Å². The van der Waals surface area contributed by atoms with Crippen LogP contribution in [0, 0.1) is 0 Å². The Morgan fingerprint density at radius 2 is 2.10 bits per heavy atom. The molecule has 8 nitrogen and oxygen atoms in total. The zero-order valence-electron chi connectivity index (χ0n) is 16.9. The van der Waals surface area contributed by atoms with Crippen molar-refractivity contribution in [3.8, 4) is 11.5 Å². The molecule has 1 spiro atoms. The van der Waals surface area contributed by atoms with Gasteiger partial charge in [-0.25, -0.2) is 4.79 Å². The number of fused-ring (bicyclic) bond motifs is 1. The van der Waals surface area contributed by atoms with E-state index in [9.17, 15) is 14.4 Å². The minimum absolute atomic E-state index is 0.118. The molecule has 8 heteroatoms. The van der Waals surface area contributed by atoms with Crippen LogP contribution >= 0.6 is 0 Å². The average molecular weight is 401 g/mol. The minimum Gasteiger partial charge on any atom is -0.494 e. The van der Waals surface area contributed by atoms with Gasteiger partial charge in [-0.3, -0.25) is 14.5 Å². The minimum atomic E-state index is -0.798. The summed E-state index contributed by atoms with van der Waals surface area (Å²) in [6, 6.07) is 3.37. The molecule has 2 N–H and O–H groups in total. The molecule has 4 rings (SSSR count). The van der Waals surface area contributed by atoms with Crippen LogP contribution in [0.2, 0.25) is 0 Å². The molecular weight excluding hydrogens is 374 g/mol. The highest BCUT2D eigenvalue weighted by Gasteiger charge is 2.52. The fraction of sp³-hybridized carbons (Fsp3) is 0.571. The molecule has 0 bridgehead atoms. The van der Waals surface area contributed by atoms with Crippen molar-refractivity contribution in [2.45, 2.75) is 64.1 Å². The second-order valence-corrected chi connectivity index (χ2v) is 8.02. The van der Waals surface area contributed by atoms with E-state index in [1.165, 1.54) is 0 Å². The number of carbonyl (C=O) groups excluding carboxylic acids is 3. The third kappa shape index (κ3) is 3.63. The number of hydrogen-bond donors (Lipinski definition) is 2. The van der Waals surface area contributed by atoms with Crippen LogP contribution in [-0.2, 0) is 22.6 Å². The van der Waals surface area contributed by atoms with E-state index in [1.807, 2.05) is 26.0 Å². The maximum atomic E-state index is 12.7. The summed E-state index contributed by atoms with van der Waals surface area (Å²) in [6.07, 6.45) is 4.04. The number of amides is 4. The van der Waals surface area contributed by atoms with Gasteiger partial charge in [-0.15, -0.1) is 0 Å². The maximum Gasteiger partial charge on any atom is 0.325 e. The molecule has 1 aromatic rings. The molecule has 3 aliphatic rings. The molecule has 1 aliphatic carbocycles. The van der Waals surface area contributed by atoms with Crippen LogP contribution in [0.1, 0.15) is 50.7 Å². The van der Waals surface area contributed by atoms with Crippen molar-refractivity contribution in [3.05, 3.63) is 23.3 Å². The molecule has 2 aliphatic heterocycles. The number of rotatable bonds is 6. The summed E-state index contributed by atoms with van der Waals surface area (Å²) in [5, 5.41) is 5.59. The molecule has 0 radical (unpaired) electrons. The highest BCUT2D eigenvalue weighted by atomic mass is 16.5. The number of carbonyl (C=O) groups is 3. The molecule has 0 aromatic heterocycles. The quantitative estimate of drug-likeness (QED) is 0.710. The molecule has 2 heterocycles. The zero-order chi connectivity index (χ0) is 20.6. The van der Waals surface area contributed by atoms with E-state index < -0.39 is 11.6 Å². The van der Waals surface area contributed by atoms with Gasteiger partial charge in [-0.05, 0) is 38.8 Å². The molecule has 1 unspecified atom stereocenters. The molecule has 1 aromatic carbocycles. The molecule has 2 fully saturated rings. The lowest BCUT2D eigenvalue weighted by Crippen LogP contribution is -2.45. The Morgan fingerprint density at radius 1 is 1.34 bits per heavy atom. The summed E-state index contributed by atoms with van der Waals surface area (Å²) in [7, 11) is 0. The SMILES string of the molecule is CCOc1cc2c(cc1CNC(=O)CN1C(=O)NC3(CCCC3)C1=O)OC(C)C2. The molecule has 4 amide bonds. The van der Waals surface area contributed by atoms with Crippen LogP contribution in [0.3, 0.4) is 0 Å². The average Bonchev–Trinajstić information content (AvgIpc) is 3.34. The van der Waals surface area contributed by atoms with Gasteiger partial charge in [0.25, 0.3) is 5.91 Å². The Labute approximate surface area is 169 Å². The lowest BCUT2D eigenvalue weighted by molar-refractivity contribution is -0.134. The van der Waals surface area contributed by atoms with Crippen LogP contribution in [-0.4, -0.2) is 47.5 Å². The van der Waals surface area contributed by atoms with E-state index in [1.54, 1.807) is 0 Å². The van der Waals surface area contributed by atoms with Gasteiger partial charge in [0.2, 0.25) is 5.91 Å². The summed E-state index contributed by atoms with van der Waals surface area (Å²) in [6.45, 7) is 4.38. The van der Waals surface area contributed by atoms with Crippen LogP contribution in [0.4, 0.5) is 4.79 Å². The van der Waals surface area contributed by atoms with Crippen LogP contribution < -0.4 is 20.1 Å². The molecular formula is C21H27N3O5. The highest BCUT2D eigenvalue weighted by molar-refractivity contribution is 6.09. The first-order valence-corrected chi connectivity index (χ1v) is 10.3. The lowest BCUT2D eigenvalue weighted by Gasteiger charge is -2.20. The van der Waals surface area contributed by atoms with E-state index in [4.69, 9.17) is 9.47 Å². The molecule has 156 valence electrons. The molecule has 1 saturated carbocycles. The lowest BCUT2D eigenvalue weighted by atomic mass is 9.98. The predicted octanol–water partition coefficient (Wildman–Crippen LogP) is 1.89. The van der Waals surface area contributed by atoms with Crippen molar-refractivity contribution in [2.75, 3.05) is 13.2 Å². The van der Waals surface area contributed by atoms with Gasteiger partial charge in [0.05, 0.1) is 6.61 Å². The third-order valence-corrected chi connectivity index (χ3v) is 5.86. The highest BCUT2D eigenvalue weighted by Crippen LogP contribution is 2.36. The Hall–Kier alpha value is -2.77. The van der Waals surface area contributed by atoms with E-state index in [2.05, 4.69) is 10.6 Å². The van der Waals surface area contributed by atoms with Gasteiger partial charge < -0.3 is 20.1 Å². The Morgan fingerprint density at radius 3 is 2.83 bits per heavy atom. The number of nitrogens with one attached hydrogen (secondary N) is 2. The maximum absolute atomic E-state index is 12.7. The van der Waals surface area contributed by atoms with Gasteiger partial charge in [-0.2, -0.15) is 0 Å². The number of hydrogen-bond acceptors (Lipinski definition) is 5. The van der Waals surface area contributed by atoms with E-state index in [0.29, 0.717) is 25.2 Å². The number of urea groups is 1. The van der Waals surface area contributed by atoms with Gasteiger partial charge in [0.1, 0.15) is 29.7 Å². The van der Waals surface area contributed by atoms with Crippen molar-refractivity contribution in [1.82, 2.24) is 15.5 Å². The first kappa shape index (κ1) is 19.5. The van der Waals surface area contributed by atoms with Crippen LogP contribution in [0.15, 0.2) is 12.1 Å². The number of imide groups is 1. The Balaban J connectivity index is 1.40. The van der Waals surface area contributed by atoms with Crippen molar-refractivity contribution in [2.24, 2.45) is 0 Å². The van der Waals surface area contributed by atoms with Crippen molar-refractivity contribution in [1.29, 1.82) is 0 Å². The van der Waals surface area contributed by atoms with Crippen molar-refractivity contribution < 1.29 is 23.9 Å². The number of nitrogens with zero attached hydrogens (tertiary/aromatic N) is 1. The molecule has 1 atom stereocenters. The molecule has 1 saturated heterocycles. The van der Waals surface area contributed by atoms with Gasteiger partial charge in [0, 0.05) is 24.1 Å². The fourth-order valence-corrected chi connectivity index (χ4v) is 4.44. The van der Waals surface area contributed by atoms with Crippen molar-refractivity contribution in [3.63, 3.8) is 0 Å². The number of benzene rings is 1. The largest absolute Gasteiger partial charge is 0.494 e. The molecule has 29 heavy (non-hydrogen) atoms. The first-order chi connectivity index (χ1) is 13.9. The standard InChI is InChI=1S/C21H27N3O5/c1-3-28-16-9-14-8-13(2)29-17(14)10-15(16)11-22-18(25)12-24-19(26)21(23-20(24)27)6-4-5-7-21/h9-10,13H,3-8,11-12H2,1-2H3,(H,22,25)(H,23,27). The summed E-state index contributed by atoms with van der Waals surface area (Å²) in [5.41, 5.74) is 1.10. The second-order valence-electron chi connectivity index (χ2n) is 8.02. The normalized spacial score (nSPS) is 21.9. The Bertz CT molecular complexity index is 847. The van der Waals surface area contributed by atoms with Gasteiger partial charge in [0.15, 0.2) is 0 Å². The summed E-state index contributed by atoms with van der Waals surface area (Å²) in [5.74, 6) is 0.845. The van der Waals surface area contributed by atoms with E-state index in [0.717, 1.165) is 41.0 Å². The fourth-order valence-electron chi connectivity index (χ4n) is 4.44. The monoisotopic (exact) mass is 401 g/mol. The summed E-state index contributed by atoms with van der Waals surface area (Å²) in [4.78, 5) is 38.4. The van der Waals surface area contributed by atoms with E-state index >= 15 is 0 Å². The van der Waals surface area contributed by atoms with Gasteiger partial charge in [-0.1, -0.05) is 12.8 Å². The topological polar surface area (TPSA) is 97.0 Å². The predicted molar refractivity (Wildman–Crippen MR) is 105 cm³/mol. The first-order valence-electron chi connectivity index (χ1n) is 10.3. The zero-order valence-corrected chi connectivity index (χ0v) is 16.9.